The van der Waals surface area contributed by atoms with Crippen LogP contribution in [0, 0.1) is 0 Å². The summed E-state index contributed by atoms with van der Waals surface area (Å²) in [5.41, 5.74) is 1.52. The molecule has 0 aliphatic carbocycles. The molecule has 0 saturated heterocycles. The average molecular weight is 276 g/mol. The Morgan fingerprint density at radius 2 is 1.53 bits per heavy atom. The molecule has 1 N–H and O–H groups in total. The number of nitrogens with zero attached hydrogens (tertiary/aromatic N) is 1. The fraction of sp³-hybridized carbons (Fsp3) is 0.143. The van der Waals surface area contributed by atoms with Gasteiger partial charge in [-0.25, -0.2) is 8.42 Å². The fourth-order valence-corrected chi connectivity index (χ4v) is 2.92. The maximum absolute atomic E-state index is 12.4. The second-order valence-electron chi connectivity index (χ2n) is 4.08. The molecule has 2 rings (SSSR count). The minimum atomic E-state index is -3.51. The van der Waals surface area contributed by atoms with Crippen molar-refractivity contribution < 1.29 is 8.42 Å². The number of hydrogen-bond donors (Lipinski definition) is 1. The van der Waals surface area contributed by atoms with Gasteiger partial charge in [0.05, 0.1) is 10.6 Å². The number of rotatable bonds is 4. The van der Waals surface area contributed by atoms with E-state index in [2.05, 4.69) is 5.32 Å². The summed E-state index contributed by atoms with van der Waals surface area (Å²) in [6, 6.07) is 15.7. The first-order valence-corrected chi connectivity index (χ1v) is 7.31. The van der Waals surface area contributed by atoms with Crippen LogP contribution in [-0.2, 0) is 10.0 Å². The Morgan fingerprint density at radius 1 is 0.947 bits per heavy atom. The minimum Gasteiger partial charge on any atom is -0.388 e. The molecule has 0 heterocycles. The summed E-state index contributed by atoms with van der Waals surface area (Å²) in [6.07, 6.45) is 0. The van der Waals surface area contributed by atoms with Crippen molar-refractivity contribution >= 4 is 21.4 Å². The molecule has 100 valence electrons. The van der Waals surface area contributed by atoms with Crippen LogP contribution in [-0.4, -0.2) is 22.5 Å². The molecular weight excluding hydrogens is 260 g/mol. The Morgan fingerprint density at radius 3 is 2.05 bits per heavy atom. The van der Waals surface area contributed by atoms with E-state index in [9.17, 15) is 8.42 Å². The third-order valence-corrected chi connectivity index (χ3v) is 4.72. The Hall–Kier alpha value is -2.01. The van der Waals surface area contributed by atoms with Crippen LogP contribution in [0.25, 0.3) is 0 Å². The van der Waals surface area contributed by atoms with Crippen LogP contribution in [0.2, 0.25) is 0 Å². The van der Waals surface area contributed by atoms with Crippen molar-refractivity contribution in [2.75, 3.05) is 23.7 Å². The van der Waals surface area contributed by atoms with Gasteiger partial charge in [-0.1, -0.05) is 18.2 Å². The van der Waals surface area contributed by atoms with E-state index in [1.807, 2.05) is 18.2 Å². The number of nitrogens with one attached hydrogen (secondary N) is 1. The van der Waals surface area contributed by atoms with Crippen LogP contribution < -0.4 is 9.62 Å². The van der Waals surface area contributed by atoms with E-state index in [0.29, 0.717) is 5.69 Å². The van der Waals surface area contributed by atoms with E-state index in [0.717, 1.165) is 5.69 Å². The summed E-state index contributed by atoms with van der Waals surface area (Å²) in [6.45, 7) is 0. The van der Waals surface area contributed by atoms with Gasteiger partial charge in [0.2, 0.25) is 0 Å². The summed E-state index contributed by atoms with van der Waals surface area (Å²) in [4.78, 5) is 0.276. The fourth-order valence-electron chi connectivity index (χ4n) is 1.73. The molecule has 0 bridgehead atoms. The largest absolute Gasteiger partial charge is 0.388 e. The molecule has 2 aromatic rings. The van der Waals surface area contributed by atoms with Crippen molar-refractivity contribution in [2.24, 2.45) is 0 Å². The second-order valence-corrected chi connectivity index (χ2v) is 6.05. The Balaban J connectivity index is 2.36. The zero-order valence-electron chi connectivity index (χ0n) is 10.9. The quantitative estimate of drug-likeness (QED) is 0.933. The van der Waals surface area contributed by atoms with Crippen LogP contribution in [0.4, 0.5) is 11.4 Å². The maximum Gasteiger partial charge on any atom is 0.264 e. The number of hydrogen-bond acceptors (Lipinski definition) is 3. The van der Waals surface area contributed by atoms with Gasteiger partial charge in [0.1, 0.15) is 0 Å². The van der Waals surface area contributed by atoms with Crippen LogP contribution in [0.1, 0.15) is 0 Å². The predicted molar refractivity (Wildman–Crippen MR) is 78.0 cm³/mol. The first-order chi connectivity index (χ1) is 9.05. The van der Waals surface area contributed by atoms with Crippen LogP contribution in [0.15, 0.2) is 59.5 Å². The molecule has 19 heavy (non-hydrogen) atoms. The zero-order chi connectivity index (χ0) is 13.9. The van der Waals surface area contributed by atoms with E-state index in [-0.39, 0.29) is 4.90 Å². The third-order valence-electron chi connectivity index (χ3n) is 2.92. The molecule has 0 aromatic heterocycles. The van der Waals surface area contributed by atoms with E-state index < -0.39 is 10.0 Å². The highest BCUT2D eigenvalue weighted by molar-refractivity contribution is 7.92. The third kappa shape index (κ3) is 2.71. The molecule has 0 unspecified atom stereocenters. The molecular formula is C14H16N2O2S. The van der Waals surface area contributed by atoms with Gasteiger partial charge in [0.25, 0.3) is 10.0 Å². The van der Waals surface area contributed by atoms with Crippen molar-refractivity contribution in [3.05, 3.63) is 54.6 Å². The molecule has 0 amide bonds. The molecule has 0 fully saturated rings. The summed E-state index contributed by atoms with van der Waals surface area (Å²) in [5, 5.41) is 2.96. The monoisotopic (exact) mass is 276 g/mol. The van der Waals surface area contributed by atoms with Gasteiger partial charge in [-0.3, -0.25) is 4.31 Å². The first-order valence-electron chi connectivity index (χ1n) is 5.87. The van der Waals surface area contributed by atoms with Gasteiger partial charge < -0.3 is 5.32 Å². The Bertz CT molecular complexity index is 637. The van der Waals surface area contributed by atoms with Crippen molar-refractivity contribution in [2.45, 2.75) is 4.90 Å². The van der Waals surface area contributed by atoms with Crippen molar-refractivity contribution in [1.82, 2.24) is 0 Å². The van der Waals surface area contributed by atoms with Crippen molar-refractivity contribution in [3.63, 3.8) is 0 Å². The number of para-hydroxylation sites is 1. The Labute approximate surface area is 113 Å². The lowest BCUT2D eigenvalue weighted by atomic mass is 10.3. The van der Waals surface area contributed by atoms with Gasteiger partial charge in [0, 0.05) is 19.8 Å². The maximum atomic E-state index is 12.4. The highest BCUT2D eigenvalue weighted by Gasteiger charge is 2.20. The normalized spacial score (nSPS) is 11.1. The van der Waals surface area contributed by atoms with Crippen molar-refractivity contribution in [3.8, 4) is 0 Å². The molecule has 4 nitrogen and oxygen atoms in total. The Kier molecular flexibility index (Phi) is 3.76. The molecule has 2 aromatic carbocycles. The summed E-state index contributed by atoms with van der Waals surface area (Å²) in [7, 11) is -0.168. The van der Waals surface area contributed by atoms with Crippen LogP contribution in [0.3, 0.4) is 0 Å². The van der Waals surface area contributed by atoms with Gasteiger partial charge in [-0.05, 0) is 36.4 Å². The zero-order valence-corrected chi connectivity index (χ0v) is 11.7. The molecule has 0 atom stereocenters. The van der Waals surface area contributed by atoms with E-state index >= 15 is 0 Å². The SMILES string of the molecule is CNc1ccc(S(=O)(=O)N(C)c2ccccc2)cc1. The standard InChI is InChI=1S/C14H16N2O2S/c1-15-12-8-10-14(11-9-12)19(17,18)16(2)13-6-4-3-5-7-13/h3-11,15H,1-2H3. The minimum absolute atomic E-state index is 0.276. The highest BCUT2D eigenvalue weighted by atomic mass is 32.2. The number of anilines is 2. The molecule has 0 aliphatic rings. The van der Waals surface area contributed by atoms with Crippen LogP contribution in [0.5, 0.6) is 0 Å². The highest BCUT2D eigenvalue weighted by Crippen LogP contribution is 2.22. The lowest BCUT2D eigenvalue weighted by Gasteiger charge is -2.19. The molecule has 0 spiro atoms. The topological polar surface area (TPSA) is 49.4 Å². The van der Waals surface area contributed by atoms with E-state index in [1.165, 1.54) is 4.31 Å². The summed E-state index contributed by atoms with van der Waals surface area (Å²) < 4.78 is 26.2. The summed E-state index contributed by atoms with van der Waals surface area (Å²) in [5.74, 6) is 0. The van der Waals surface area contributed by atoms with Crippen LogP contribution >= 0.6 is 0 Å². The lowest BCUT2D eigenvalue weighted by Crippen LogP contribution is -2.26. The average Bonchev–Trinajstić information content (AvgIpc) is 2.47. The lowest BCUT2D eigenvalue weighted by molar-refractivity contribution is 0.594. The second kappa shape index (κ2) is 5.32. The number of sulfonamides is 1. The van der Waals surface area contributed by atoms with Gasteiger partial charge in [0.15, 0.2) is 0 Å². The van der Waals surface area contributed by atoms with E-state index in [4.69, 9.17) is 0 Å². The molecule has 0 aliphatic heterocycles. The van der Waals surface area contributed by atoms with Gasteiger partial charge >= 0.3 is 0 Å². The first kappa shape index (κ1) is 13.4. The predicted octanol–water partition coefficient (Wildman–Crippen LogP) is 2.55. The van der Waals surface area contributed by atoms with Gasteiger partial charge in [-0.15, -0.1) is 0 Å². The smallest absolute Gasteiger partial charge is 0.264 e. The number of benzene rings is 2. The molecule has 0 saturated carbocycles. The van der Waals surface area contributed by atoms with Crippen molar-refractivity contribution in [1.29, 1.82) is 0 Å². The van der Waals surface area contributed by atoms with Gasteiger partial charge in [-0.2, -0.15) is 0 Å². The molecule has 0 radical (unpaired) electrons. The molecule has 5 heteroatoms. The van der Waals surface area contributed by atoms with E-state index in [1.54, 1.807) is 50.5 Å². The summed E-state index contributed by atoms with van der Waals surface area (Å²) >= 11 is 0.